The maximum atomic E-state index is 12.1. The summed E-state index contributed by atoms with van der Waals surface area (Å²) in [6.07, 6.45) is 8.67. The lowest BCUT2D eigenvalue weighted by Gasteiger charge is -2.32. The van der Waals surface area contributed by atoms with Crippen molar-refractivity contribution in [1.29, 1.82) is 0 Å². The zero-order chi connectivity index (χ0) is 15.8. The minimum absolute atomic E-state index is 0.0995. The summed E-state index contributed by atoms with van der Waals surface area (Å²) in [6, 6.07) is 1.97. The van der Waals surface area contributed by atoms with Crippen LogP contribution in [0.5, 0.6) is 0 Å². The lowest BCUT2D eigenvalue weighted by molar-refractivity contribution is 0.404. The van der Waals surface area contributed by atoms with Gasteiger partial charge >= 0.3 is 0 Å². The van der Waals surface area contributed by atoms with E-state index in [1.54, 1.807) is 6.07 Å². The second-order valence-corrected chi connectivity index (χ2v) is 6.70. The fourth-order valence-corrected chi connectivity index (χ4v) is 3.97. The fourth-order valence-electron chi connectivity index (χ4n) is 3.01. The van der Waals surface area contributed by atoms with E-state index in [1.807, 2.05) is 25.6 Å². The summed E-state index contributed by atoms with van der Waals surface area (Å²) in [6.45, 7) is 3.84. The highest BCUT2D eigenvalue weighted by Gasteiger charge is 2.24. The highest BCUT2D eigenvalue weighted by molar-refractivity contribution is 7.20. The Bertz CT molecular complexity index is 868. The number of nitrogens with zero attached hydrogens (tertiary/aromatic N) is 6. The molecule has 4 rings (SSSR count). The number of aryl methyl sites for hydroxylation is 1. The molecule has 0 spiro atoms. The molecule has 0 aromatic carbocycles. The Hall–Kier alpha value is -2.22. The maximum absolute atomic E-state index is 12.1. The van der Waals surface area contributed by atoms with Gasteiger partial charge in [0.25, 0.3) is 5.56 Å². The van der Waals surface area contributed by atoms with Crippen LogP contribution in [0.3, 0.4) is 0 Å². The third-order valence-corrected chi connectivity index (χ3v) is 5.23. The van der Waals surface area contributed by atoms with Gasteiger partial charge in [-0.05, 0) is 19.3 Å². The second-order valence-electron chi connectivity index (χ2n) is 5.77. The molecule has 1 aliphatic rings. The molecule has 1 fully saturated rings. The van der Waals surface area contributed by atoms with Gasteiger partial charge in [0.15, 0.2) is 0 Å². The largest absolute Gasteiger partial charge is 0.345 e. The molecule has 3 aromatic rings. The van der Waals surface area contributed by atoms with Gasteiger partial charge < -0.3 is 9.47 Å². The van der Waals surface area contributed by atoms with E-state index < -0.39 is 0 Å². The fraction of sp³-hybridized carbons (Fsp3) is 0.467. The van der Waals surface area contributed by atoms with E-state index in [4.69, 9.17) is 0 Å². The van der Waals surface area contributed by atoms with Gasteiger partial charge in [-0.15, -0.1) is 5.10 Å². The van der Waals surface area contributed by atoms with Crippen molar-refractivity contribution in [3.05, 3.63) is 40.8 Å². The predicted molar refractivity (Wildman–Crippen MR) is 89.2 cm³/mol. The maximum Gasteiger partial charge on any atom is 0.275 e. The van der Waals surface area contributed by atoms with Gasteiger partial charge in [-0.3, -0.25) is 4.79 Å². The normalized spacial score (nSPS) is 18.7. The number of hydrogen-bond acceptors (Lipinski definition) is 6. The number of rotatable bonds is 3. The quantitative estimate of drug-likeness (QED) is 0.732. The molecule has 0 saturated carbocycles. The van der Waals surface area contributed by atoms with Crippen LogP contribution >= 0.6 is 11.3 Å². The molecular formula is C15H18N6OS. The summed E-state index contributed by atoms with van der Waals surface area (Å²) in [5.74, 6) is 0. The van der Waals surface area contributed by atoms with Gasteiger partial charge in [0, 0.05) is 37.2 Å². The average molecular weight is 330 g/mol. The first kappa shape index (κ1) is 14.4. The molecule has 7 nitrogen and oxygen atoms in total. The summed E-state index contributed by atoms with van der Waals surface area (Å²) in [5.41, 5.74) is 0.720. The summed E-state index contributed by atoms with van der Waals surface area (Å²) >= 11 is 1.49. The molecule has 0 N–H and O–H groups in total. The summed E-state index contributed by atoms with van der Waals surface area (Å²) < 4.78 is 3.57. The third-order valence-electron chi connectivity index (χ3n) is 4.26. The summed E-state index contributed by atoms with van der Waals surface area (Å²) in [4.78, 5) is 23.7. The predicted octanol–water partition coefficient (Wildman–Crippen LogP) is 1.75. The number of hydrogen-bond donors (Lipinski definition) is 0. The van der Waals surface area contributed by atoms with Gasteiger partial charge in [-0.1, -0.05) is 18.3 Å². The number of fused-ring (bicyclic) bond motifs is 1. The van der Waals surface area contributed by atoms with Crippen molar-refractivity contribution in [1.82, 2.24) is 24.1 Å². The molecule has 1 aliphatic heterocycles. The number of imidazole rings is 1. The topological polar surface area (TPSA) is 68.3 Å². The van der Waals surface area contributed by atoms with Crippen molar-refractivity contribution in [2.75, 3.05) is 18.0 Å². The van der Waals surface area contributed by atoms with Crippen LogP contribution < -0.4 is 10.5 Å². The van der Waals surface area contributed by atoms with E-state index in [0.717, 1.165) is 43.2 Å². The van der Waals surface area contributed by atoms with Crippen LogP contribution in [-0.2, 0) is 6.42 Å². The molecular weight excluding hydrogens is 312 g/mol. The number of piperidine rings is 1. The van der Waals surface area contributed by atoms with Gasteiger partial charge in [0.2, 0.25) is 10.1 Å². The van der Waals surface area contributed by atoms with Gasteiger partial charge in [0.1, 0.15) is 0 Å². The Balaban J connectivity index is 1.66. The molecule has 3 aromatic heterocycles. The van der Waals surface area contributed by atoms with Crippen LogP contribution in [0.1, 0.15) is 31.5 Å². The summed E-state index contributed by atoms with van der Waals surface area (Å²) in [7, 11) is 0. The van der Waals surface area contributed by atoms with Crippen molar-refractivity contribution in [3.63, 3.8) is 0 Å². The molecule has 0 aliphatic carbocycles. The first-order valence-corrected chi connectivity index (χ1v) is 8.68. The smallest absolute Gasteiger partial charge is 0.275 e. The first-order valence-electron chi connectivity index (χ1n) is 7.87. The van der Waals surface area contributed by atoms with E-state index in [0.29, 0.717) is 11.0 Å². The van der Waals surface area contributed by atoms with E-state index in [2.05, 4.69) is 24.5 Å². The van der Waals surface area contributed by atoms with Gasteiger partial charge in [-0.2, -0.15) is 4.52 Å². The lowest BCUT2D eigenvalue weighted by atomic mass is 10.1. The zero-order valence-corrected chi connectivity index (χ0v) is 13.7. The highest BCUT2D eigenvalue weighted by atomic mass is 32.1. The minimum Gasteiger partial charge on any atom is -0.345 e. The van der Waals surface area contributed by atoms with E-state index in [1.165, 1.54) is 15.9 Å². The van der Waals surface area contributed by atoms with Crippen molar-refractivity contribution in [2.24, 2.45) is 0 Å². The van der Waals surface area contributed by atoms with Crippen molar-refractivity contribution >= 4 is 21.4 Å². The van der Waals surface area contributed by atoms with Gasteiger partial charge in [0.05, 0.1) is 12.4 Å². The minimum atomic E-state index is -0.0995. The molecule has 0 unspecified atom stereocenters. The highest BCUT2D eigenvalue weighted by Crippen LogP contribution is 2.28. The molecule has 23 heavy (non-hydrogen) atoms. The van der Waals surface area contributed by atoms with Crippen molar-refractivity contribution in [2.45, 2.75) is 32.2 Å². The Morgan fingerprint density at radius 3 is 3.13 bits per heavy atom. The third kappa shape index (κ3) is 2.63. The molecule has 4 heterocycles. The summed E-state index contributed by atoms with van der Waals surface area (Å²) in [5, 5.41) is 5.36. The van der Waals surface area contributed by atoms with E-state index in [-0.39, 0.29) is 5.56 Å². The molecule has 0 bridgehead atoms. The molecule has 0 radical (unpaired) electrons. The molecule has 1 saturated heterocycles. The Labute approximate surface area is 137 Å². The van der Waals surface area contributed by atoms with Crippen LogP contribution in [0.25, 0.3) is 4.96 Å². The van der Waals surface area contributed by atoms with Crippen LogP contribution in [0.15, 0.2) is 29.6 Å². The van der Waals surface area contributed by atoms with E-state index >= 15 is 0 Å². The van der Waals surface area contributed by atoms with E-state index in [9.17, 15) is 4.79 Å². The SMILES string of the molecule is CCc1cc(=O)n2nc(N3CCC[C@H](n4ccnc4)C3)sc2n1. The monoisotopic (exact) mass is 330 g/mol. The zero-order valence-electron chi connectivity index (χ0n) is 12.9. The van der Waals surface area contributed by atoms with Crippen LogP contribution in [0.4, 0.5) is 5.13 Å². The number of anilines is 1. The molecule has 120 valence electrons. The standard InChI is InChI=1S/C15H18N6OS/c1-2-11-8-13(22)21-14(17-11)23-15(18-21)19-6-3-4-12(9-19)20-7-5-16-10-20/h5,7-8,10,12H,2-4,6,9H2,1H3/t12-/m0/s1. The van der Waals surface area contributed by atoms with Crippen LogP contribution in [0.2, 0.25) is 0 Å². The second kappa shape index (κ2) is 5.77. The van der Waals surface area contributed by atoms with Crippen LogP contribution in [-0.4, -0.2) is 37.2 Å². The van der Waals surface area contributed by atoms with Crippen molar-refractivity contribution < 1.29 is 0 Å². The van der Waals surface area contributed by atoms with Gasteiger partial charge in [-0.25, -0.2) is 9.97 Å². The van der Waals surface area contributed by atoms with Crippen molar-refractivity contribution in [3.8, 4) is 0 Å². The molecule has 0 amide bonds. The van der Waals surface area contributed by atoms with Crippen LogP contribution in [0, 0.1) is 0 Å². The molecule has 8 heteroatoms. The Morgan fingerprint density at radius 2 is 2.35 bits per heavy atom. The Kier molecular flexibility index (Phi) is 3.60. The number of aromatic nitrogens is 5. The Morgan fingerprint density at radius 1 is 1.43 bits per heavy atom. The lowest BCUT2D eigenvalue weighted by Crippen LogP contribution is -2.36. The average Bonchev–Trinajstić information content (AvgIpc) is 3.24. The first-order chi connectivity index (χ1) is 11.2. The molecule has 1 atom stereocenters.